The zero-order valence-electron chi connectivity index (χ0n) is 31.0. The number of primary amides is 1. The Morgan fingerprint density at radius 3 is 1.63 bits per heavy atom. The van der Waals surface area contributed by atoms with E-state index in [0.717, 1.165) is 0 Å². The van der Waals surface area contributed by atoms with Crippen LogP contribution in [0, 0.1) is 23.7 Å². The zero-order valence-corrected chi connectivity index (χ0v) is 31.0. The smallest absolute Gasteiger partial charge is 0.358 e. The molecule has 8 rings (SSSR count). The average molecular weight is 766 g/mol. The van der Waals surface area contributed by atoms with Crippen molar-refractivity contribution in [3.63, 3.8) is 0 Å². The third-order valence-electron chi connectivity index (χ3n) is 9.51. The second-order valence-corrected chi connectivity index (χ2v) is 13.5. The molecule has 16 heteroatoms. The van der Waals surface area contributed by atoms with Crippen LogP contribution >= 0.6 is 0 Å². The van der Waals surface area contributed by atoms with Crippen LogP contribution in [0.3, 0.4) is 0 Å². The molecule has 16 nitrogen and oxygen atoms in total. The van der Waals surface area contributed by atoms with E-state index in [-0.39, 0.29) is 24.2 Å². The van der Waals surface area contributed by atoms with Crippen molar-refractivity contribution in [3.8, 4) is 46.2 Å². The van der Waals surface area contributed by atoms with E-state index in [2.05, 4.69) is 43.6 Å². The number of imidazole rings is 2. The van der Waals surface area contributed by atoms with E-state index < -0.39 is 34.9 Å². The lowest BCUT2D eigenvalue weighted by Gasteiger charge is -2.13. The standard InChI is InChI=1S/C21H18N4O4.C20H17N5O3/c1-24-10-8-21(28,20(24)27)7-6-14-4-3-5-15(12-14)17-18-22-9-11-25(18)13-16(23-17)19(26)29-2;1-24-9-7-20(28,19(24)27)6-5-13-3-2-4-14(11-13)16-18-22-8-10-25(18)12-15(23-16)17(21)26/h3-5,9,11-13,28H,8,10H2,1-2H3;2-4,8,10-12,28H,7,9H2,1H3,(H2,21,26)/t21-;20-/m00/s1. The molecular weight excluding hydrogens is 731 g/mol. The van der Waals surface area contributed by atoms with Crippen LogP contribution in [0.25, 0.3) is 33.8 Å². The van der Waals surface area contributed by atoms with E-state index >= 15 is 0 Å². The van der Waals surface area contributed by atoms with Gasteiger partial charge < -0.3 is 39.3 Å². The number of likely N-dealkylation sites (N-methyl/N-ethyl adjacent to an activating group) is 2. The van der Waals surface area contributed by atoms with Gasteiger partial charge in [-0.15, -0.1) is 0 Å². The highest BCUT2D eigenvalue weighted by Gasteiger charge is 2.43. The SMILES string of the molecule is CN1CC[C@@](O)(C#Cc2cccc(-c3nc(C(N)=O)cn4ccnc34)c2)C1=O.COC(=O)c1cn2ccnc2c(-c2cccc(C#C[C@]3(O)CCN(C)C3=O)c2)n1. The lowest BCUT2D eigenvalue weighted by atomic mass is 10.0. The molecule has 2 atom stereocenters. The first-order chi connectivity index (χ1) is 27.3. The molecule has 6 heterocycles. The maximum Gasteiger partial charge on any atom is 0.358 e. The molecule has 2 fully saturated rings. The lowest BCUT2D eigenvalue weighted by Crippen LogP contribution is -2.37. The first-order valence-corrected chi connectivity index (χ1v) is 17.6. The molecule has 0 aliphatic carbocycles. The fraction of sp³-hybridized carbons (Fsp3) is 0.220. The maximum absolute atomic E-state index is 12.1. The monoisotopic (exact) mass is 765 g/mol. The van der Waals surface area contributed by atoms with Crippen LogP contribution in [-0.2, 0) is 14.3 Å². The molecule has 6 aromatic rings. The number of fused-ring (bicyclic) bond motifs is 2. The van der Waals surface area contributed by atoms with Crippen molar-refractivity contribution < 1.29 is 34.1 Å². The maximum atomic E-state index is 12.1. The minimum absolute atomic E-state index is 0.117. The summed E-state index contributed by atoms with van der Waals surface area (Å²) in [5.74, 6) is 9.17. The third kappa shape index (κ3) is 7.50. The first kappa shape index (κ1) is 37.9. The summed E-state index contributed by atoms with van der Waals surface area (Å²) in [6, 6.07) is 14.3. The average Bonchev–Trinajstić information content (AvgIpc) is 4.01. The summed E-state index contributed by atoms with van der Waals surface area (Å²) in [6.45, 7) is 0.928. The molecular formula is C41H35N9O7. The molecule has 57 heavy (non-hydrogen) atoms. The van der Waals surface area contributed by atoms with Gasteiger partial charge in [-0.2, -0.15) is 0 Å². The quantitative estimate of drug-likeness (QED) is 0.173. The Labute approximate surface area is 325 Å². The van der Waals surface area contributed by atoms with Gasteiger partial charge in [0, 0.05) is 99.5 Å². The minimum Gasteiger partial charge on any atom is -0.464 e. The van der Waals surface area contributed by atoms with E-state index in [9.17, 15) is 29.4 Å². The molecule has 4 aromatic heterocycles. The summed E-state index contributed by atoms with van der Waals surface area (Å²) in [4.78, 5) is 68.0. The fourth-order valence-corrected chi connectivity index (χ4v) is 6.35. The topological polar surface area (TPSA) is 211 Å². The highest BCUT2D eigenvalue weighted by atomic mass is 16.5. The minimum atomic E-state index is -1.66. The van der Waals surface area contributed by atoms with Crippen LogP contribution in [-0.4, -0.2) is 118 Å². The fourth-order valence-electron chi connectivity index (χ4n) is 6.35. The van der Waals surface area contributed by atoms with Gasteiger partial charge in [-0.3, -0.25) is 14.4 Å². The lowest BCUT2D eigenvalue weighted by molar-refractivity contribution is -0.138. The van der Waals surface area contributed by atoms with Crippen molar-refractivity contribution in [2.45, 2.75) is 24.0 Å². The third-order valence-corrected chi connectivity index (χ3v) is 9.51. The number of nitrogens with zero attached hydrogens (tertiary/aromatic N) is 8. The van der Waals surface area contributed by atoms with E-state index in [1.807, 2.05) is 12.1 Å². The Kier molecular flexibility index (Phi) is 9.99. The predicted molar refractivity (Wildman–Crippen MR) is 205 cm³/mol. The molecule has 2 aliphatic rings. The van der Waals surface area contributed by atoms with E-state index in [4.69, 9.17) is 10.5 Å². The predicted octanol–water partition coefficient (Wildman–Crippen LogP) is 1.57. The Morgan fingerprint density at radius 2 is 1.21 bits per heavy atom. The zero-order chi connectivity index (χ0) is 40.5. The van der Waals surface area contributed by atoms with Gasteiger partial charge in [0.05, 0.1) is 7.11 Å². The number of amides is 3. The number of likely N-dealkylation sites (tertiary alicyclic amines) is 2. The Hall–Kier alpha value is -7.40. The molecule has 0 radical (unpaired) electrons. The Morgan fingerprint density at radius 1 is 0.754 bits per heavy atom. The van der Waals surface area contributed by atoms with Crippen molar-refractivity contribution in [2.24, 2.45) is 5.73 Å². The van der Waals surface area contributed by atoms with Crippen LogP contribution in [0.4, 0.5) is 0 Å². The number of aliphatic hydroxyl groups is 2. The van der Waals surface area contributed by atoms with Crippen LogP contribution in [0.1, 0.15) is 44.9 Å². The van der Waals surface area contributed by atoms with Crippen molar-refractivity contribution in [1.29, 1.82) is 0 Å². The number of carbonyl (C=O) groups excluding carboxylic acids is 4. The van der Waals surface area contributed by atoms with Crippen molar-refractivity contribution in [2.75, 3.05) is 34.3 Å². The molecule has 2 aliphatic heterocycles. The number of hydrogen-bond acceptors (Lipinski definition) is 11. The highest BCUT2D eigenvalue weighted by Crippen LogP contribution is 2.26. The number of rotatable bonds is 4. The van der Waals surface area contributed by atoms with Gasteiger partial charge in [0.15, 0.2) is 17.0 Å². The molecule has 286 valence electrons. The summed E-state index contributed by atoms with van der Waals surface area (Å²) in [5.41, 5.74) is 7.05. The number of esters is 1. The summed E-state index contributed by atoms with van der Waals surface area (Å²) in [5, 5.41) is 20.9. The molecule has 2 saturated heterocycles. The summed E-state index contributed by atoms with van der Waals surface area (Å²) >= 11 is 0. The van der Waals surface area contributed by atoms with Gasteiger partial charge in [0.1, 0.15) is 17.1 Å². The number of aromatic nitrogens is 6. The summed E-state index contributed by atoms with van der Waals surface area (Å²) in [7, 11) is 4.57. The van der Waals surface area contributed by atoms with Gasteiger partial charge >= 0.3 is 5.97 Å². The Balaban J connectivity index is 0.000000174. The Bertz CT molecular complexity index is 2740. The van der Waals surface area contributed by atoms with Crippen LogP contribution in [0.5, 0.6) is 0 Å². The normalized spacial score (nSPS) is 18.8. The van der Waals surface area contributed by atoms with E-state index in [0.29, 0.717) is 58.0 Å². The molecule has 3 amide bonds. The van der Waals surface area contributed by atoms with Gasteiger partial charge in [-0.1, -0.05) is 47.9 Å². The van der Waals surface area contributed by atoms with Gasteiger partial charge in [-0.25, -0.2) is 24.7 Å². The van der Waals surface area contributed by atoms with E-state index in [1.54, 1.807) is 90.3 Å². The van der Waals surface area contributed by atoms with E-state index in [1.165, 1.54) is 23.1 Å². The van der Waals surface area contributed by atoms with Crippen molar-refractivity contribution in [1.82, 2.24) is 38.5 Å². The molecule has 4 N–H and O–H groups in total. The van der Waals surface area contributed by atoms with Crippen LogP contribution in [0.2, 0.25) is 0 Å². The second kappa shape index (κ2) is 15.0. The number of nitrogens with two attached hydrogens (primary N) is 1. The number of hydrogen-bond donors (Lipinski definition) is 3. The molecule has 2 aromatic carbocycles. The van der Waals surface area contributed by atoms with Gasteiger partial charge in [-0.05, 0) is 24.3 Å². The number of benzene rings is 2. The largest absolute Gasteiger partial charge is 0.464 e. The highest BCUT2D eigenvalue weighted by molar-refractivity contribution is 5.93. The van der Waals surface area contributed by atoms with Crippen LogP contribution in [0.15, 0.2) is 85.7 Å². The van der Waals surface area contributed by atoms with Crippen molar-refractivity contribution in [3.05, 3.63) is 108 Å². The van der Waals surface area contributed by atoms with Gasteiger partial charge in [0.25, 0.3) is 17.7 Å². The summed E-state index contributed by atoms with van der Waals surface area (Å²) in [6.07, 6.45) is 10.3. The summed E-state index contributed by atoms with van der Waals surface area (Å²) < 4.78 is 8.15. The molecule has 0 saturated carbocycles. The first-order valence-electron chi connectivity index (χ1n) is 17.6. The second-order valence-electron chi connectivity index (χ2n) is 13.5. The number of carbonyl (C=O) groups is 4. The van der Waals surface area contributed by atoms with Crippen LogP contribution < -0.4 is 5.73 Å². The molecule has 0 bridgehead atoms. The van der Waals surface area contributed by atoms with Gasteiger partial charge in [0.2, 0.25) is 11.2 Å². The van der Waals surface area contributed by atoms with Crippen molar-refractivity contribution >= 4 is 35.0 Å². The number of ether oxygens (including phenoxy) is 1. The number of methoxy groups -OCH3 is 1. The molecule has 0 spiro atoms. The molecule has 0 unspecified atom stereocenters.